The number of hydrogen-bond acceptors (Lipinski definition) is 3. The average molecular weight is 342 g/mol. The lowest BCUT2D eigenvalue weighted by Gasteiger charge is -2.42. The number of rotatable bonds is 7. The molecule has 1 saturated carbocycles. The molecule has 2 rings (SSSR count). The minimum Gasteiger partial charge on any atom is -0.385 e. The number of nitrogens with one attached hydrogen (secondary N) is 2. The number of anilines is 1. The summed E-state index contributed by atoms with van der Waals surface area (Å²) >= 11 is 0. The monoisotopic (exact) mass is 342 g/mol. The lowest BCUT2D eigenvalue weighted by molar-refractivity contribution is 0.0717. The average Bonchev–Trinajstić information content (AvgIpc) is 2.45. The summed E-state index contributed by atoms with van der Waals surface area (Å²) in [5.74, 6) is -0.584. The highest BCUT2D eigenvalue weighted by molar-refractivity contribution is 7.84. The van der Waals surface area contributed by atoms with E-state index in [1.807, 2.05) is 0 Å². The Labute approximate surface area is 138 Å². The predicted molar refractivity (Wildman–Crippen MR) is 88.5 cm³/mol. The molecule has 0 bridgehead atoms. The molecule has 0 spiro atoms. The summed E-state index contributed by atoms with van der Waals surface area (Å²) in [4.78, 5) is 12.1. The van der Waals surface area contributed by atoms with Gasteiger partial charge in [-0.25, -0.2) is 9.18 Å². The Morgan fingerprint density at radius 2 is 2.17 bits per heavy atom. The van der Waals surface area contributed by atoms with Gasteiger partial charge in [-0.15, -0.1) is 0 Å². The van der Waals surface area contributed by atoms with Crippen molar-refractivity contribution in [2.75, 3.05) is 31.8 Å². The van der Waals surface area contributed by atoms with Gasteiger partial charge < -0.3 is 15.4 Å². The molecule has 1 aliphatic rings. The second-order valence-electron chi connectivity index (χ2n) is 6.00. The van der Waals surface area contributed by atoms with Gasteiger partial charge in [0, 0.05) is 32.2 Å². The van der Waals surface area contributed by atoms with Gasteiger partial charge in [0.2, 0.25) is 0 Å². The SMILES string of the molecule is COCCC1(CNC(=O)Nc2ccc([S@@](C)=O)c(F)c2)CCC1. The normalized spacial score (nSPS) is 17.2. The van der Waals surface area contributed by atoms with Crippen molar-refractivity contribution in [3.63, 3.8) is 0 Å². The van der Waals surface area contributed by atoms with E-state index in [9.17, 15) is 13.4 Å². The Balaban J connectivity index is 1.87. The second-order valence-corrected chi connectivity index (χ2v) is 7.35. The molecule has 5 nitrogen and oxygen atoms in total. The Morgan fingerprint density at radius 3 is 2.70 bits per heavy atom. The molecule has 0 saturated heterocycles. The Morgan fingerprint density at radius 1 is 1.43 bits per heavy atom. The minimum atomic E-state index is -1.39. The van der Waals surface area contributed by atoms with E-state index in [1.165, 1.54) is 24.8 Å². The summed E-state index contributed by atoms with van der Waals surface area (Å²) in [6, 6.07) is 3.79. The first kappa shape index (κ1) is 17.9. The summed E-state index contributed by atoms with van der Waals surface area (Å²) < 4.78 is 30.2. The van der Waals surface area contributed by atoms with Crippen molar-refractivity contribution in [3.05, 3.63) is 24.0 Å². The zero-order valence-corrected chi connectivity index (χ0v) is 14.3. The molecule has 0 unspecified atom stereocenters. The first-order chi connectivity index (χ1) is 11.0. The molecule has 0 heterocycles. The van der Waals surface area contributed by atoms with Gasteiger partial charge in [-0.1, -0.05) is 6.42 Å². The molecule has 0 aliphatic heterocycles. The number of halogens is 1. The van der Waals surface area contributed by atoms with Crippen molar-refractivity contribution < 1.29 is 18.1 Å². The lowest BCUT2D eigenvalue weighted by Crippen LogP contribution is -2.44. The van der Waals surface area contributed by atoms with E-state index in [0.717, 1.165) is 19.3 Å². The van der Waals surface area contributed by atoms with Gasteiger partial charge in [0.05, 0.1) is 15.7 Å². The largest absolute Gasteiger partial charge is 0.385 e. The third-order valence-electron chi connectivity index (χ3n) is 4.37. The van der Waals surface area contributed by atoms with Crippen LogP contribution in [0.25, 0.3) is 0 Å². The highest BCUT2D eigenvalue weighted by Gasteiger charge is 2.36. The van der Waals surface area contributed by atoms with Gasteiger partial charge in [-0.3, -0.25) is 4.21 Å². The maximum Gasteiger partial charge on any atom is 0.319 e. The standard InChI is InChI=1S/C16H23FN2O3S/c1-22-9-8-16(6-3-7-16)11-18-15(20)19-12-4-5-14(23(2)21)13(17)10-12/h4-5,10H,3,6-9,11H2,1-2H3,(H2,18,19,20)/t23-/m1/s1. The highest BCUT2D eigenvalue weighted by Crippen LogP contribution is 2.43. The topological polar surface area (TPSA) is 67.4 Å². The first-order valence-corrected chi connectivity index (χ1v) is 9.18. The minimum absolute atomic E-state index is 0.127. The van der Waals surface area contributed by atoms with Crippen molar-refractivity contribution in [3.8, 4) is 0 Å². The van der Waals surface area contributed by atoms with Crippen LogP contribution < -0.4 is 10.6 Å². The van der Waals surface area contributed by atoms with Crippen LogP contribution in [0.5, 0.6) is 0 Å². The van der Waals surface area contributed by atoms with Crippen LogP contribution >= 0.6 is 0 Å². The fraction of sp³-hybridized carbons (Fsp3) is 0.562. The van der Waals surface area contributed by atoms with Crippen LogP contribution in [0.3, 0.4) is 0 Å². The predicted octanol–water partition coefficient (Wildman–Crippen LogP) is 2.89. The number of hydrogen-bond donors (Lipinski definition) is 2. The molecule has 1 fully saturated rings. The van der Waals surface area contributed by atoms with Crippen LogP contribution in [0, 0.1) is 11.2 Å². The number of carbonyl (C=O) groups is 1. The molecule has 0 aromatic heterocycles. The number of benzene rings is 1. The summed E-state index contributed by atoms with van der Waals surface area (Å²) in [5, 5.41) is 5.46. The molecule has 1 aromatic carbocycles. The Hall–Kier alpha value is -1.47. The van der Waals surface area contributed by atoms with Crippen LogP contribution in [0.2, 0.25) is 0 Å². The fourth-order valence-electron chi connectivity index (χ4n) is 2.77. The molecule has 2 N–H and O–H groups in total. The third kappa shape index (κ3) is 4.75. The van der Waals surface area contributed by atoms with E-state index in [-0.39, 0.29) is 16.3 Å². The molecule has 2 amide bonds. The van der Waals surface area contributed by atoms with Gasteiger partial charge in [0.25, 0.3) is 0 Å². The first-order valence-electron chi connectivity index (χ1n) is 7.62. The molecule has 0 radical (unpaired) electrons. The molecule has 7 heteroatoms. The fourth-order valence-corrected chi connectivity index (χ4v) is 3.36. The molecule has 128 valence electrons. The van der Waals surface area contributed by atoms with Gasteiger partial charge in [0.1, 0.15) is 5.82 Å². The van der Waals surface area contributed by atoms with Crippen LogP contribution in [0.1, 0.15) is 25.7 Å². The van der Waals surface area contributed by atoms with Crippen molar-refractivity contribution >= 4 is 22.5 Å². The molecular formula is C16H23FN2O3S. The third-order valence-corrected chi connectivity index (χ3v) is 5.32. The van der Waals surface area contributed by atoms with E-state index in [0.29, 0.717) is 18.8 Å². The Kier molecular flexibility index (Phi) is 6.12. The number of ether oxygens (including phenoxy) is 1. The maximum absolute atomic E-state index is 13.8. The lowest BCUT2D eigenvalue weighted by atomic mass is 9.67. The molecule has 1 atom stereocenters. The Bertz CT molecular complexity index is 591. The zero-order valence-electron chi connectivity index (χ0n) is 13.5. The van der Waals surface area contributed by atoms with Crippen molar-refractivity contribution in [2.24, 2.45) is 5.41 Å². The highest BCUT2D eigenvalue weighted by atomic mass is 32.2. The molecular weight excluding hydrogens is 319 g/mol. The van der Waals surface area contributed by atoms with Crippen LogP contribution in [0.15, 0.2) is 23.1 Å². The van der Waals surface area contributed by atoms with Gasteiger partial charge >= 0.3 is 6.03 Å². The zero-order chi connectivity index (χ0) is 16.9. The summed E-state index contributed by atoms with van der Waals surface area (Å²) in [7, 11) is 0.286. The number of amides is 2. The van der Waals surface area contributed by atoms with Crippen molar-refractivity contribution in [1.29, 1.82) is 0 Å². The van der Waals surface area contributed by atoms with Gasteiger partial charge in [-0.2, -0.15) is 0 Å². The summed E-state index contributed by atoms with van der Waals surface area (Å²) in [6.45, 7) is 1.27. The number of methoxy groups -OCH3 is 1. The molecule has 1 aromatic rings. The number of carbonyl (C=O) groups excluding carboxylic acids is 1. The van der Waals surface area contributed by atoms with Gasteiger partial charge in [0.15, 0.2) is 0 Å². The van der Waals surface area contributed by atoms with E-state index in [2.05, 4.69) is 10.6 Å². The van der Waals surface area contributed by atoms with E-state index < -0.39 is 16.6 Å². The quantitative estimate of drug-likeness (QED) is 0.801. The van der Waals surface area contributed by atoms with Gasteiger partial charge in [-0.05, 0) is 42.9 Å². The van der Waals surface area contributed by atoms with Crippen molar-refractivity contribution in [2.45, 2.75) is 30.6 Å². The van der Waals surface area contributed by atoms with E-state index in [1.54, 1.807) is 13.2 Å². The second kappa shape index (κ2) is 7.88. The van der Waals surface area contributed by atoms with E-state index >= 15 is 0 Å². The van der Waals surface area contributed by atoms with Crippen molar-refractivity contribution in [1.82, 2.24) is 5.32 Å². The van der Waals surface area contributed by atoms with Crippen LogP contribution in [-0.2, 0) is 15.5 Å². The summed E-state index contributed by atoms with van der Waals surface area (Å²) in [5.41, 5.74) is 0.468. The van der Waals surface area contributed by atoms with Crippen LogP contribution in [-0.4, -0.2) is 36.8 Å². The van der Waals surface area contributed by atoms with E-state index in [4.69, 9.17) is 4.74 Å². The molecule has 23 heavy (non-hydrogen) atoms. The summed E-state index contributed by atoms with van der Waals surface area (Å²) in [6.07, 6.45) is 5.68. The smallest absolute Gasteiger partial charge is 0.319 e. The molecule has 1 aliphatic carbocycles. The van der Waals surface area contributed by atoms with Crippen LogP contribution in [0.4, 0.5) is 14.9 Å². The number of urea groups is 1. The maximum atomic E-state index is 13.8.